The lowest BCUT2D eigenvalue weighted by Crippen LogP contribution is -2.68. The molecule has 182 valence electrons. The monoisotopic (exact) mass is 492 g/mol. The summed E-state index contributed by atoms with van der Waals surface area (Å²) >= 11 is 0. The van der Waals surface area contributed by atoms with Gasteiger partial charge in [0, 0.05) is 0 Å². The zero-order chi connectivity index (χ0) is 25.6. The van der Waals surface area contributed by atoms with Crippen LogP contribution in [0.5, 0.6) is 5.75 Å². The molecule has 0 unspecified atom stereocenters. The summed E-state index contributed by atoms with van der Waals surface area (Å²) in [6, 6.07) is 36.9. The standard InChI is InChI=1S/C32H32O3Si/c1-32(2,3)36(29-14-7-5-8-15-29,30-16-9-6-10-17-30)35-28-13-11-12-26(24-28)19-18-25-20-22-27(23-21-25)31(33)34-4/h5-24H,1-4H3. The lowest BCUT2D eigenvalue weighted by atomic mass is 10.1. The fraction of sp³-hybridized carbons (Fsp3) is 0.156. The average molecular weight is 493 g/mol. The van der Waals surface area contributed by atoms with Gasteiger partial charge in [-0.05, 0) is 50.8 Å². The van der Waals surface area contributed by atoms with Crippen LogP contribution in [-0.2, 0) is 4.74 Å². The molecule has 0 atom stereocenters. The molecule has 4 heteroatoms. The van der Waals surface area contributed by atoms with Gasteiger partial charge in [-0.3, -0.25) is 0 Å². The summed E-state index contributed by atoms with van der Waals surface area (Å²) in [5.74, 6) is 0.520. The Morgan fingerprint density at radius 3 is 1.78 bits per heavy atom. The number of carbonyl (C=O) groups excluding carboxylic acids is 1. The summed E-state index contributed by atoms with van der Waals surface area (Å²) in [7, 11) is -1.30. The Morgan fingerprint density at radius 1 is 0.694 bits per heavy atom. The van der Waals surface area contributed by atoms with E-state index in [0.717, 1.165) is 16.9 Å². The second kappa shape index (κ2) is 10.8. The van der Waals surface area contributed by atoms with Crippen molar-refractivity contribution >= 4 is 36.8 Å². The van der Waals surface area contributed by atoms with Crippen molar-refractivity contribution in [2.45, 2.75) is 25.8 Å². The SMILES string of the molecule is COC(=O)c1ccc(C=Cc2cccc(O[Si](c3ccccc3)(c3ccccc3)C(C)(C)C)c2)cc1. The second-order valence-corrected chi connectivity index (χ2v) is 14.0. The number of hydrogen-bond donors (Lipinski definition) is 0. The maximum Gasteiger partial charge on any atom is 0.337 e. The van der Waals surface area contributed by atoms with Crippen LogP contribution in [0.4, 0.5) is 0 Å². The first-order valence-electron chi connectivity index (χ1n) is 12.1. The molecule has 0 aliphatic rings. The third-order valence-corrected chi connectivity index (χ3v) is 11.3. The number of hydrogen-bond acceptors (Lipinski definition) is 3. The van der Waals surface area contributed by atoms with Gasteiger partial charge in [0.1, 0.15) is 5.75 Å². The summed E-state index contributed by atoms with van der Waals surface area (Å²) in [6.45, 7) is 6.84. The number of esters is 1. The van der Waals surface area contributed by atoms with Crippen LogP contribution >= 0.6 is 0 Å². The van der Waals surface area contributed by atoms with E-state index in [1.807, 2.05) is 30.3 Å². The first kappa shape index (κ1) is 25.2. The van der Waals surface area contributed by atoms with E-state index in [4.69, 9.17) is 9.16 Å². The van der Waals surface area contributed by atoms with Crippen LogP contribution in [-0.4, -0.2) is 21.4 Å². The van der Waals surface area contributed by atoms with E-state index in [0.29, 0.717) is 5.56 Å². The van der Waals surface area contributed by atoms with Crippen molar-refractivity contribution in [3.8, 4) is 5.75 Å². The molecule has 4 aromatic carbocycles. The molecule has 0 fully saturated rings. The number of rotatable bonds is 7. The van der Waals surface area contributed by atoms with E-state index in [-0.39, 0.29) is 11.0 Å². The average Bonchev–Trinajstić information content (AvgIpc) is 2.91. The molecule has 0 N–H and O–H groups in total. The van der Waals surface area contributed by atoms with Gasteiger partial charge in [-0.15, -0.1) is 0 Å². The third kappa shape index (κ3) is 5.34. The molecule has 4 rings (SSSR count). The normalized spacial score (nSPS) is 11.9. The Hall–Kier alpha value is -3.89. The molecule has 3 nitrogen and oxygen atoms in total. The molecule has 36 heavy (non-hydrogen) atoms. The highest BCUT2D eigenvalue weighted by Gasteiger charge is 2.52. The fourth-order valence-corrected chi connectivity index (χ4v) is 8.96. The maximum atomic E-state index is 11.7. The molecule has 0 saturated heterocycles. The van der Waals surface area contributed by atoms with Gasteiger partial charge in [-0.2, -0.15) is 0 Å². The summed E-state index contributed by atoms with van der Waals surface area (Å²) < 4.78 is 11.9. The lowest BCUT2D eigenvalue weighted by Gasteiger charge is -2.43. The number of carbonyl (C=O) groups is 1. The van der Waals surface area contributed by atoms with Crippen LogP contribution < -0.4 is 14.8 Å². The highest BCUT2D eigenvalue weighted by Crippen LogP contribution is 2.37. The minimum atomic E-state index is -2.69. The molecule has 0 aliphatic carbocycles. The van der Waals surface area contributed by atoms with E-state index in [2.05, 4.69) is 99.6 Å². The first-order valence-corrected chi connectivity index (χ1v) is 14.0. The highest BCUT2D eigenvalue weighted by molar-refractivity contribution is 7.00. The molecule has 0 saturated carbocycles. The highest BCUT2D eigenvalue weighted by atomic mass is 28.4. The lowest BCUT2D eigenvalue weighted by molar-refractivity contribution is 0.0600. The van der Waals surface area contributed by atoms with Gasteiger partial charge in [0.05, 0.1) is 12.7 Å². The van der Waals surface area contributed by atoms with E-state index < -0.39 is 8.32 Å². The third-order valence-electron chi connectivity index (χ3n) is 6.35. The topological polar surface area (TPSA) is 35.5 Å². The zero-order valence-electron chi connectivity index (χ0n) is 21.3. The van der Waals surface area contributed by atoms with Crippen LogP contribution in [0.2, 0.25) is 5.04 Å². The number of benzene rings is 4. The molecule has 0 heterocycles. The second-order valence-electron chi connectivity index (χ2n) is 9.78. The summed E-state index contributed by atoms with van der Waals surface area (Å²) in [5, 5.41) is 2.38. The van der Waals surface area contributed by atoms with Gasteiger partial charge in [-0.25, -0.2) is 4.79 Å². The molecule has 0 spiro atoms. The van der Waals surface area contributed by atoms with Crippen molar-refractivity contribution in [2.75, 3.05) is 7.11 Å². The van der Waals surface area contributed by atoms with Gasteiger partial charge in [0.2, 0.25) is 0 Å². The predicted octanol–water partition coefficient (Wildman–Crippen LogP) is 6.58. The summed E-state index contributed by atoms with van der Waals surface area (Å²) in [6.07, 6.45) is 4.09. The Labute approximate surface area is 215 Å². The number of methoxy groups -OCH3 is 1. The quantitative estimate of drug-likeness (QED) is 0.166. The molecule has 0 aliphatic heterocycles. The Balaban J connectivity index is 1.69. The van der Waals surface area contributed by atoms with Gasteiger partial charge >= 0.3 is 14.3 Å². The van der Waals surface area contributed by atoms with Crippen molar-refractivity contribution in [1.29, 1.82) is 0 Å². The fourth-order valence-electron chi connectivity index (χ4n) is 4.55. The number of ether oxygens (including phenoxy) is 1. The van der Waals surface area contributed by atoms with E-state index in [1.54, 1.807) is 12.1 Å². The van der Waals surface area contributed by atoms with Crippen molar-refractivity contribution in [1.82, 2.24) is 0 Å². The van der Waals surface area contributed by atoms with Crippen LogP contribution in [0.15, 0.2) is 109 Å². The minimum absolute atomic E-state index is 0.108. The molecule has 4 aromatic rings. The molecule has 0 radical (unpaired) electrons. The van der Waals surface area contributed by atoms with E-state index >= 15 is 0 Å². The molecule has 0 amide bonds. The zero-order valence-corrected chi connectivity index (χ0v) is 22.3. The predicted molar refractivity (Wildman–Crippen MR) is 151 cm³/mol. The van der Waals surface area contributed by atoms with E-state index in [9.17, 15) is 4.79 Å². The van der Waals surface area contributed by atoms with Crippen LogP contribution in [0.3, 0.4) is 0 Å². The largest absolute Gasteiger partial charge is 0.534 e. The Morgan fingerprint density at radius 2 is 1.25 bits per heavy atom. The summed E-state index contributed by atoms with van der Waals surface area (Å²) in [4.78, 5) is 11.7. The Kier molecular flexibility index (Phi) is 7.56. The smallest absolute Gasteiger partial charge is 0.337 e. The van der Waals surface area contributed by atoms with Crippen LogP contribution in [0.1, 0.15) is 42.3 Å². The van der Waals surface area contributed by atoms with Crippen molar-refractivity contribution < 1.29 is 14.0 Å². The maximum absolute atomic E-state index is 11.7. The molecular weight excluding hydrogens is 460 g/mol. The van der Waals surface area contributed by atoms with Gasteiger partial charge in [0.15, 0.2) is 0 Å². The first-order chi connectivity index (χ1) is 17.3. The minimum Gasteiger partial charge on any atom is -0.534 e. The van der Waals surface area contributed by atoms with Gasteiger partial charge in [-0.1, -0.05) is 118 Å². The Bertz CT molecular complexity index is 1280. The molecular formula is C32H32O3Si. The van der Waals surface area contributed by atoms with Crippen LogP contribution in [0.25, 0.3) is 12.2 Å². The van der Waals surface area contributed by atoms with Crippen molar-refractivity contribution in [3.05, 3.63) is 126 Å². The van der Waals surface area contributed by atoms with E-state index in [1.165, 1.54) is 17.5 Å². The molecule has 0 bridgehead atoms. The van der Waals surface area contributed by atoms with Gasteiger partial charge < -0.3 is 9.16 Å². The molecule has 0 aromatic heterocycles. The van der Waals surface area contributed by atoms with Crippen LogP contribution in [0, 0.1) is 0 Å². The summed E-state index contributed by atoms with van der Waals surface area (Å²) in [5.41, 5.74) is 2.58. The van der Waals surface area contributed by atoms with Crippen molar-refractivity contribution in [3.63, 3.8) is 0 Å². The van der Waals surface area contributed by atoms with Gasteiger partial charge in [0.25, 0.3) is 0 Å². The van der Waals surface area contributed by atoms with Crippen molar-refractivity contribution in [2.24, 2.45) is 0 Å².